The van der Waals surface area contributed by atoms with Crippen LogP contribution in [0.15, 0.2) is 17.5 Å². The van der Waals surface area contributed by atoms with Gasteiger partial charge in [-0.25, -0.2) is 9.67 Å². The third-order valence-electron chi connectivity index (χ3n) is 5.37. The second kappa shape index (κ2) is 5.72. The van der Waals surface area contributed by atoms with Crippen molar-refractivity contribution in [3.8, 4) is 0 Å². The van der Waals surface area contributed by atoms with E-state index in [9.17, 15) is 0 Å². The van der Waals surface area contributed by atoms with Crippen molar-refractivity contribution in [1.29, 1.82) is 0 Å². The van der Waals surface area contributed by atoms with Crippen LogP contribution in [-0.2, 0) is 13.1 Å². The van der Waals surface area contributed by atoms with E-state index in [1.807, 2.05) is 27.3 Å². The van der Waals surface area contributed by atoms with Crippen molar-refractivity contribution in [1.82, 2.24) is 24.1 Å². The summed E-state index contributed by atoms with van der Waals surface area (Å²) >= 11 is 7.62. The molecule has 0 amide bonds. The third-order valence-corrected chi connectivity index (χ3v) is 6.76. The van der Waals surface area contributed by atoms with Crippen molar-refractivity contribution in [2.24, 2.45) is 5.92 Å². The van der Waals surface area contributed by atoms with Gasteiger partial charge in [-0.2, -0.15) is 0 Å². The van der Waals surface area contributed by atoms with Crippen LogP contribution in [-0.4, -0.2) is 30.6 Å². The average Bonchev–Trinajstić information content (AvgIpc) is 3.20. The second-order valence-corrected chi connectivity index (χ2v) is 8.61. The number of hydrogen-bond donors (Lipinski definition) is 0. The van der Waals surface area contributed by atoms with Gasteiger partial charge in [-0.3, -0.25) is 9.30 Å². The lowest BCUT2D eigenvalue weighted by atomic mass is 9.96. The molecule has 5 nitrogen and oxygen atoms in total. The molecule has 4 heterocycles. The molecule has 0 saturated heterocycles. The monoisotopic (exact) mass is 371 g/mol. The Morgan fingerprint density at radius 3 is 2.96 bits per heavy atom. The molecule has 7 heteroatoms. The van der Waals surface area contributed by atoms with E-state index in [2.05, 4.69) is 34.3 Å². The first-order valence-electron chi connectivity index (χ1n) is 8.86. The number of rotatable bonds is 3. The smallest absolute Gasteiger partial charge is 0.254 e. The Balaban J connectivity index is 1.53. The van der Waals surface area contributed by atoms with Crippen molar-refractivity contribution in [2.75, 3.05) is 6.54 Å². The Kier molecular flexibility index (Phi) is 3.59. The van der Waals surface area contributed by atoms with Gasteiger partial charge in [0.1, 0.15) is 0 Å². The molecule has 3 aromatic rings. The molecule has 0 bridgehead atoms. The zero-order valence-electron chi connectivity index (χ0n) is 14.5. The Hall–Kier alpha value is -1.57. The minimum absolute atomic E-state index is 0.525. The summed E-state index contributed by atoms with van der Waals surface area (Å²) in [7, 11) is 0. The Bertz CT molecular complexity index is 1010. The summed E-state index contributed by atoms with van der Waals surface area (Å²) in [6.45, 7) is 5.89. The molecule has 0 N–H and O–H groups in total. The van der Waals surface area contributed by atoms with Crippen molar-refractivity contribution in [3.63, 3.8) is 0 Å². The fourth-order valence-electron chi connectivity index (χ4n) is 4.12. The van der Waals surface area contributed by atoms with Crippen molar-refractivity contribution < 1.29 is 0 Å². The van der Waals surface area contributed by atoms with Crippen molar-refractivity contribution >= 4 is 29.3 Å². The number of thiophene rings is 1. The lowest BCUT2D eigenvalue weighted by Gasteiger charge is -2.35. The highest BCUT2D eigenvalue weighted by atomic mass is 32.1. The molecule has 25 heavy (non-hydrogen) atoms. The van der Waals surface area contributed by atoms with Gasteiger partial charge in [-0.15, -0.1) is 16.4 Å². The molecule has 130 valence electrons. The lowest BCUT2D eigenvalue weighted by molar-refractivity contribution is 0.117. The van der Waals surface area contributed by atoms with Crippen LogP contribution in [0.25, 0.3) is 5.78 Å². The highest BCUT2D eigenvalue weighted by molar-refractivity contribution is 7.71. The van der Waals surface area contributed by atoms with Gasteiger partial charge in [0.15, 0.2) is 0 Å². The van der Waals surface area contributed by atoms with Gasteiger partial charge in [0.2, 0.25) is 4.77 Å². The highest BCUT2D eigenvalue weighted by Crippen LogP contribution is 2.48. The van der Waals surface area contributed by atoms with Crippen LogP contribution in [0.4, 0.5) is 0 Å². The standard InChI is InChI=1S/C18H21N5S2/c1-11-9-12(2)23-17(19-11)20-22(18(23)24)10-21-7-5-15-14(6-8-25-15)16(21)13-3-4-13/h6,8-9,13,16H,3-5,7,10H2,1-2H3/t16-/m0/s1. The molecule has 1 aliphatic heterocycles. The predicted molar refractivity (Wildman–Crippen MR) is 101 cm³/mol. The second-order valence-electron chi connectivity index (χ2n) is 7.24. The van der Waals surface area contributed by atoms with Crippen LogP contribution >= 0.6 is 23.6 Å². The van der Waals surface area contributed by atoms with Crippen LogP contribution in [0.3, 0.4) is 0 Å². The van der Waals surface area contributed by atoms with Crippen LogP contribution in [0.5, 0.6) is 0 Å². The molecule has 0 spiro atoms. The molecule has 1 saturated carbocycles. The summed E-state index contributed by atoms with van der Waals surface area (Å²) < 4.78 is 4.68. The lowest BCUT2D eigenvalue weighted by Crippen LogP contribution is -2.37. The Labute approximate surface area is 155 Å². The van der Waals surface area contributed by atoms with E-state index in [1.54, 1.807) is 10.4 Å². The third kappa shape index (κ3) is 2.56. The first kappa shape index (κ1) is 15.7. The van der Waals surface area contributed by atoms with Gasteiger partial charge >= 0.3 is 0 Å². The summed E-state index contributed by atoms with van der Waals surface area (Å²) in [5, 5.41) is 6.96. The molecule has 0 unspecified atom stereocenters. The minimum Gasteiger partial charge on any atom is -0.277 e. The first-order valence-corrected chi connectivity index (χ1v) is 10.1. The normalized spacial score (nSPS) is 21.0. The Morgan fingerprint density at radius 1 is 1.32 bits per heavy atom. The van der Waals surface area contributed by atoms with E-state index in [0.29, 0.717) is 11.8 Å². The molecule has 1 atom stereocenters. The van der Waals surface area contributed by atoms with Crippen molar-refractivity contribution in [2.45, 2.75) is 45.8 Å². The minimum atomic E-state index is 0.525. The van der Waals surface area contributed by atoms with Crippen LogP contribution < -0.4 is 0 Å². The largest absolute Gasteiger partial charge is 0.277 e. The van der Waals surface area contributed by atoms with E-state index < -0.39 is 0 Å². The van der Waals surface area contributed by atoms with Crippen molar-refractivity contribution in [3.05, 3.63) is 44.1 Å². The summed E-state index contributed by atoms with van der Waals surface area (Å²) in [6.07, 6.45) is 3.81. The molecular weight excluding hydrogens is 350 g/mol. The van der Waals surface area contributed by atoms with Crippen LogP contribution in [0, 0.1) is 24.5 Å². The van der Waals surface area contributed by atoms with Gasteiger partial charge in [-0.05, 0) is 74.3 Å². The van der Waals surface area contributed by atoms with E-state index in [0.717, 1.165) is 41.7 Å². The maximum Gasteiger partial charge on any atom is 0.254 e. The van der Waals surface area contributed by atoms with Gasteiger partial charge in [0, 0.05) is 28.9 Å². The highest BCUT2D eigenvalue weighted by Gasteiger charge is 2.40. The van der Waals surface area contributed by atoms with E-state index in [4.69, 9.17) is 17.3 Å². The summed E-state index contributed by atoms with van der Waals surface area (Å²) in [4.78, 5) is 8.69. The number of hydrogen-bond acceptors (Lipinski definition) is 5. The quantitative estimate of drug-likeness (QED) is 0.655. The number of aryl methyl sites for hydroxylation is 2. The average molecular weight is 372 g/mol. The fourth-order valence-corrected chi connectivity index (χ4v) is 5.36. The zero-order valence-corrected chi connectivity index (χ0v) is 16.1. The Morgan fingerprint density at radius 2 is 2.16 bits per heavy atom. The number of nitrogens with zero attached hydrogens (tertiary/aromatic N) is 5. The molecular formula is C18H21N5S2. The SMILES string of the molecule is Cc1cc(C)n2c(=S)n(CN3CCc4sccc4[C@@H]3C3CC3)nc2n1. The molecule has 1 fully saturated rings. The summed E-state index contributed by atoms with van der Waals surface area (Å²) in [5.74, 6) is 1.50. The maximum atomic E-state index is 5.71. The molecule has 0 radical (unpaired) electrons. The zero-order chi connectivity index (χ0) is 17.1. The van der Waals surface area contributed by atoms with Gasteiger partial charge in [0.25, 0.3) is 5.78 Å². The first-order chi connectivity index (χ1) is 12.1. The molecule has 2 aliphatic rings. The van der Waals surface area contributed by atoms with Gasteiger partial charge in [-0.1, -0.05) is 0 Å². The number of fused-ring (bicyclic) bond motifs is 2. The maximum absolute atomic E-state index is 5.71. The van der Waals surface area contributed by atoms with E-state index >= 15 is 0 Å². The molecule has 3 aromatic heterocycles. The fraction of sp³-hybridized carbons (Fsp3) is 0.500. The van der Waals surface area contributed by atoms with Gasteiger partial charge < -0.3 is 0 Å². The topological polar surface area (TPSA) is 38.4 Å². The van der Waals surface area contributed by atoms with Crippen LogP contribution in [0.2, 0.25) is 0 Å². The molecule has 1 aliphatic carbocycles. The van der Waals surface area contributed by atoms with Gasteiger partial charge in [0.05, 0.1) is 6.67 Å². The summed E-state index contributed by atoms with van der Waals surface area (Å²) in [6, 6.07) is 4.91. The summed E-state index contributed by atoms with van der Waals surface area (Å²) in [5.41, 5.74) is 3.62. The molecule has 0 aromatic carbocycles. The number of aromatic nitrogens is 4. The van der Waals surface area contributed by atoms with Crippen LogP contribution in [0.1, 0.15) is 40.7 Å². The van der Waals surface area contributed by atoms with E-state index in [1.165, 1.54) is 12.8 Å². The predicted octanol–water partition coefficient (Wildman–Crippen LogP) is 3.91. The molecule has 5 rings (SSSR count). The van der Waals surface area contributed by atoms with E-state index in [-0.39, 0.29) is 0 Å².